The predicted molar refractivity (Wildman–Crippen MR) is 107 cm³/mol. The fourth-order valence-corrected chi connectivity index (χ4v) is 4.01. The van der Waals surface area contributed by atoms with Gasteiger partial charge in [-0.3, -0.25) is 0 Å². The Bertz CT molecular complexity index is 923. The van der Waals surface area contributed by atoms with Gasteiger partial charge in [0.05, 0.1) is 11.6 Å². The number of urea groups is 1. The molecular formula is C21H23F3N4O3. The second-order valence-corrected chi connectivity index (χ2v) is 7.71. The number of amides is 3. The largest absolute Gasteiger partial charge is 0.416 e. The zero-order chi connectivity index (χ0) is 22.0. The molecule has 2 fully saturated rings. The zero-order valence-electron chi connectivity index (χ0n) is 16.7. The van der Waals surface area contributed by atoms with E-state index in [0.29, 0.717) is 30.1 Å². The summed E-state index contributed by atoms with van der Waals surface area (Å²) in [7, 11) is 0. The molecule has 3 aliphatic rings. The van der Waals surface area contributed by atoms with E-state index in [1.807, 2.05) is 4.90 Å². The number of nitrogens with one attached hydrogen (secondary N) is 3. The highest BCUT2D eigenvalue weighted by Crippen LogP contribution is 2.34. The van der Waals surface area contributed by atoms with Gasteiger partial charge in [0.1, 0.15) is 11.8 Å². The van der Waals surface area contributed by atoms with Crippen LogP contribution in [0.5, 0.6) is 0 Å². The Balaban J connectivity index is 1.43. The van der Waals surface area contributed by atoms with E-state index in [4.69, 9.17) is 4.74 Å². The van der Waals surface area contributed by atoms with Crippen molar-refractivity contribution in [3.8, 4) is 0 Å². The second kappa shape index (κ2) is 8.52. The summed E-state index contributed by atoms with van der Waals surface area (Å²) >= 11 is 0. The van der Waals surface area contributed by atoms with Crippen LogP contribution in [0.25, 0.3) is 0 Å². The SMILES string of the molecule is O=C(NCc1ccc(C(F)(F)F)cc1N1CCCCC1)NC1C=CC=C2OC(=O)NC21. The van der Waals surface area contributed by atoms with Crippen LogP contribution in [0, 0.1) is 0 Å². The third kappa shape index (κ3) is 4.78. The summed E-state index contributed by atoms with van der Waals surface area (Å²) in [5, 5.41) is 8.08. The number of rotatable bonds is 4. The molecule has 0 bridgehead atoms. The standard InChI is InChI=1S/C21H23F3N4O3/c22-21(23,24)14-8-7-13(16(11-14)28-9-2-1-3-10-28)12-25-19(29)26-15-5-4-6-17-18(15)27-20(30)31-17/h4-8,11,15,18H,1-3,9-10,12H2,(H,27,30)(H2,25,26,29). The molecule has 1 aliphatic carbocycles. The minimum atomic E-state index is -4.43. The summed E-state index contributed by atoms with van der Waals surface area (Å²) in [5.74, 6) is 0.424. The topological polar surface area (TPSA) is 82.7 Å². The number of carbonyl (C=O) groups is 2. The molecule has 3 N–H and O–H groups in total. The summed E-state index contributed by atoms with van der Waals surface area (Å²) in [4.78, 5) is 25.8. The number of nitrogens with zero attached hydrogens (tertiary/aromatic N) is 1. The number of halogens is 3. The molecule has 0 spiro atoms. The monoisotopic (exact) mass is 436 g/mol. The molecular weight excluding hydrogens is 413 g/mol. The first kappa shape index (κ1) is 21.1. The minimum absolute atomic E-state index is 0.0719. The lowest BCUT2D eigenvalue weighted by Crippen LogP contribution is -2.51. The quantitative estimate of drug-likeness (QED) is 0.676. The molecule has 4 rings (SSSR count). The van der Waals surface area contributed by atoms with Crippen LogP contribution in [0.1, 0.15) is 30.4 Å². The molecule has 0 aromatic heterocycles. The van der Waals surface area contributed by atoms with Gasteiger partial charge < -0.3 is 25.6 Å². The van der Waals surface area contributed by atoms with Crippen LogP contribution in [0.15, 0.2) is 42.2 Å². The van der Waals surface area contributed by atoms with Crippen molar-refractivity contribution < 1.29 is 27.5 Å². The molecule has 0 radical (unpaired) electrons. The molecule has 1 aromatic rings. The number of ether oxygens (including phenoxy) is 1. The van der Waals surface area contributed by atoms with E-state index in [2.05, 4.69) is 16.0 Å². The van der Waals surface area contributed by atoms with Gasteiger partial charge in [-0.15, -0.1) is 0 Å². The molecule has 3 amide bonds. The maximum absolute atomic E-state index is 13.2. The molecule has 2 aliphatic heterocycles. The van der Waals surface area contributed by atoms with Crippen LogP contribution in [0.3, 0.4) is 0 Å². The van der Waals surface area contributed by atoms with E-state index in [-0.39, 0.29) is 6.54 Å². The Hall–Kier alpha value is -3.17. The fourth-order valence-electron chi connectivity index (χ4n) is 4.01. The number of allylic oxidation sites excluding steroid dienone is 2. The molecule has 7 nitrogen and oxygen atoms in total. The Labute approximate surface area is 177 Å². The van der Waals surface area contributed by atoms with Crippen LogP contribution in [-0.4, -0.2) is 37.3 Å². The number of anilines is 1. The van der Waals surface area contributed by atoms with E-state index in [1.54, 1.807) is 18.2 Å². The van der Waals surface area contributed by atoms with Gasteiger partial charge in [0.25, 0.3) is 0 Å². The summed E-state index contributed by atoms with van der Waals surface area (Å²) < 4.78 is 44.7. The average Bonchev–Trinajstić information content (AvgIpc) is 3.13. The number of alkyl carbamates (subject to hydrolysis) is 1. The molecule has 0 saturated carbocycles. The van der Waals surface area contributed by atoms with Crippen LogP contribution in [0.4, 0.5) is 28.4 Å². The molecule has 2 unspecified atom stereocenters. The van der Waals surface area contributed by atoms with Crippen LogP contribution >= 0.6 is 0 Å². The van der Waals surface area contributed by atoms with Crippen molar-refractivity contribution in [2.45, 2.75) is 44.1 Å². The first-order chi connectivity index (χ1) is 14.8. The number of alkyl halides is 3. The minimum Gasteiger partial charge on any atom is -0.413 e. The van der Waals surface area contributed by atoms with Gasteiger partial charge in [-0.1, -0.05) is 18.2 Å². The summed E-state index contributed by atoms with van der Waals surface area (Å²) in [5.41, 5.74) is 0.404. The summed E-state index contributed by atoms with van der Waals surface area (Å²) in [6.07, 6.45) is 2.93. The molecule has 166 valence electrons. The van der Waals surface area contributed by atoms with Gasteiger partial charge in [0.2, 0.25) is 0 Å². The first-order valence-electron chi connectivity index (χ1n) is 10.2. The van der Waals surface area contributed by atoms with Crippen molar-refractivity contribution in [1.82, 2.24) is 16.0 Å². The van der Waals surface area contributed by atoms with Crippen molar-refractivity contribution in [2.75, 3.05) is 18.0 Å². The molecule has 2 atom stereocenters. The maximum Gasteiger partial charge on any atom is 0.416 e. The van der Waals surface area contributed by atoms with E-state index < -0.39 is 35.9 Å². The molecule has 31 heavy (non-hydrogen) atoms. The number of hydrogen-bond donors (Lipinski definition) is 3. The van der Waals surface area contributed by atoms with Crippen molar-refractivity contribution >= 4 is 17.8 Å². The van der Waals surface area contributed by atoms with Crippen molar-refractivity contribution in [3.05, 3.63) is 53.3 Å². The van der Waals surface area contributed by atoms with Gasteiger partial charge >= 0.3 is 18.3 Å². The first-order valence-corrected chi connectivity index (χ1v) is 10.2. The maximum atomic E-state index is 13.2. The Morgan fingerprint density at radius 3 is 2.74 bits per heavy atom. The van der Waals surface area contributed by atoms with Crippen molar-refractivity contribution in [2.24, 2.45) is 0 Å². The molecule has 2 saturated heterocycles. The lowest BCUT2D eigenvalue weighted by molar-refractivity contribution is -0.137. The molecule has 10 heteroatoms. The molecule has 2 heterocycles. The summed E-state index contributed by atoms with van der Waals surface area (Å²) in [6, 6.07) is 2.13. The van der Waals surface area contributed by atoms with Crippen LogP contribution in [0.2, 0.25) is 0 Å². The fraction of sp³-hybridized carbons (Fsp3) is 0.429. The Morgan fingerprint density at radius 1 is 1.23 bits per heavy atom. The third-order valence-electron chi connectivity index (χ3n) is 5.58. The number of fused-ring (bicyclic) bond motifs is 1. The van der Waals surface area contributed by atoms with E-state index in [9.17, 15) is 22.8 Å². The highest BCUT2D eigenvalue weighted by Gasteiger charge is 2.36. The van der Waals surface area contributed by atoms with Gasteiger partial charge in [-0.2, -0.15) is 13.2 Å². The normalized spacial score (nSPS) is 22.9. The summed E-state index contributed by atoms with van der Waals surface area (Å²) in [6.45, 7) is 1.44. The van der Waals surface area contributed by atoms with Gasteiger partial charge in [0.15, 0.2) is 0 Å². The highest BCUT2D eigenvalue weighted by molar-refractivity contribution is 5.77. The smallest absolute Gasteiger partial charge is 0.413 e. The Morgan fingerprint density at radius 2 is 2.00 bits per heavy atom. The number of piperidine rings is 1. The van der Waals surface area contributed by atoms with Crippen molar-refractivity contribution in [1.29, 1.82) is 0 Å². The van der Waals surface area contributed by atoms with Gasteiger partial charge in [-0.05, 0) is 43.0 Å². The van der Waals surface area contributed by atoms with Gasteiger partial charge in [0, 0.05) is 25.3 Å². The number of hydrogen-bond acceptors (Lipinski definition) is 4. The zero-order valence-corrected chi connectivity index (χ0v) is 16.7. The second-order valence-electron chi connectivity index (χ2n) is 7.71. The Kier molecular flexibility index (Phi) is 5.79. The lowest BCUT2D eigenvalue weighted by Gasteiger charge is -2.31. The number of carbonyl (C=O) groups excluding carboxylic acids is 2. The molecule has 1 aromatic carbocycles. The average molecular weight is 436 g/mol. The number of benzene rings is 1. The van der Waals surface area contributed by atoms with E-state index in [0.717, 1.165) is 31.4 Å². The van der Waals surface area contributed by atoms with Gasteiger partial charge in [-0.25, -0.2) is 9.59 Å². The highest BCUT2D eigenvalue weighted by atomic mass is 19.4. The van der Waals surface area contributed by atoms with Crippen LogP contribution < -0.4 is 20.9 Å². The third-order valence-corrected chi connectivity index (χ3v) is 5.58. The predicted octanol–water partition coefficient (Wildman–Crippen LogP) is 3.43. The van der Waals surface area contributed by atoms with Crippen LogP contribution in [-0.2, 0) is 17.5 Å². The lowest BCUT2D eigenvalue weighted by atomic mass is 10.0. The van der Waals surface area contributed by atoms with E-state index >= 15 is 0 Å². The van der Waals surface area contributed by atoms with Crippen molar-refractivity contribution in [3.63, 3.8) is 0 Å². The van der Waals surface area contributed by atoms with E-state index in [1.165, 1.54) is 6.07 Å².